The van der Waals surface area contributed by atoms with Crippen LogP contribution in [-0.4, -0.2) is 47.9 Å². The number of carboxylic acids is 1. The topological polar surface area (TPSA) is 114 Å². The van der Waals surface area contributed by atoms with Crippen molar-refractivity contribution in [1.29, 1.82) is 0 Å². The molecule has 0 bridgehead atoms. The molecule has 0 aromatic heterocycles. The lowest BCUT2D eigenvalue weighted by atomic mass is 9.98. The first kappa shape index (κ1) is 28.6. The third-order valence-corrected chi connectivity index (χ3v) is 7.00. The third-order valence-electron chi connectivity index (χ3n) is 7.00. The highest BCUT2D eigenvalue weighted by Gasteiger charge is 2.33. The van der Waals surface area contributed by atoms with Gasteiger partial charge in [-0.3, -0.25) is 4.79 Å². The Morgan fingerprint density at radius 1 is 0.925 bits per heavy atom. The summed E-state index contributed by atoms with van der Waals surface area (Å²) >= 11 is 0. The zero-order valence-electron chi connectivity index (χ0n) is 22.4. The SMILES string of the molecule is C=CCCC(NC(=O)[C@H](NC(=O)OCC1c2ccccc2-c2ccccc21)[C@H](C)OCc1ccccc1)C(=O)O. The summed E-state index contributed by atoms with van der Waals surface area (Å²) in [5.74, 6) is -1.99. The van der Waals surface area contributed by atoms with Gasteiger partial charge in [-0.05, 0) is 47.6 Å². The summed E-state index contributed by atoms with van der Waals surface area (Å²) in [5.41, 5.74) is 5.23. The van der Waals surface area contributed by atoms with Crippen LogP contribution in [0, 0.1) is 0 Å². The van der Waals surface area contributed by atoms with Gasteiger partial charge in [0, 0.05) is 5.92 Å². The number of carbonyl (C=O) groups is 3. The number of aliphatic carboxylic acids is 1. The minimum atomic E-state index is -1.19. The van der Waals surface area contributed by atoms with E-state index in [1.54, 1.807) is 13.0 Å². The van der Waals surface area contributed by atoms with E-state index in [-0.39, 0.29) is 25.6 Å². The van der Waals surface area contributed by atoms with Crippen LogP contribution in [0.1, 0.15) is 42.4 Å². The summed E-state index contributed by atoms with van der Waals surface area (Å²) in [6.07, 6.45) is 0.577. The predicted octanol–water partition coefficient (Wildman–Crippen LogP) is 5.03. The maximum Gasteiger partial charge on any atom is 0.407 e. The lowest BCUT2D eigenvalue weighted by molar-refractivity contribution is -0.143. The third kappa shape index (κ3) is 6.95. The molecule has 40 heavy (non-hydrogen) atoms. The molecule has 3 atom stereocenters. The predicted molar refractivity (Wildman–Crippen MR) is 152 cm³/mol. The van der Waals surface area contributed by atoms with Gasteiger partial charge in [-0.15, -0.1) is 6.58 Å². The number of rotatable bonds is 13. The first-order valence-corrected chi connectivity index (χ1v) is 13.3. The monoisotopic (exact) mass is 542 g/mol. The molecule has 208 valence electrons. The number of ether oxygens (including phenoxy) is 2. The number of fused-ring (bicyclic) bond motifs is 3. The fourth-order valence-electron chi connectivity index (χ4n) is 4.86. The van der Waals surface area contributed by atoms with Gasteiger partial charge in [-0.1, -0.05) is 84.9 Å². The van der Waals surface area contributed by atoms with Gasteiger partial charge in [0.15, 0.2) is 0 Å². The Bertz CT molecular complexity index is 1300. The summed E-state index contributed by atoms with van der Waals surface area (Å²) in [4.78, 5) is 38.0. The summed E-state index contributed by atoms with van der Waals surface area (Å²) in [7, 11) is 0. The maximum absolute atomic E-state index is 13.2. The molecule has 0 heterocycles. The van der Waals surface area contributed by atoms with Crippen LogP contribution >= 0.6 is 0 Å². The van der Waals surface area contributed by atoms with Crippen molar-refractivity contribution in [3.8, 4) is 11.1 Å². The summed E-state index contributed by atoms with van der Waals surface area (Å²) < 4.78 is 11.5. The van der Waals surface area contributed by atoms with Crippen molar-refractivity contribution in [3.05, 3.63) is 108 Å². The van der Waals surface area contributed by atoms with Gasteiger partial charge in [0.05, 0.1) is 12.7 Å². The van der Waals surface area contributed by atoms with Crippen LogP contribution in [0.15, 0.2) is 91.5 Å². The minimum Gasteiger partial charge on any atom is -0.480 e. The molecule has 8 nitrogen and oxygen atoms in total. The molecule has 4 rings (SSSR count). The number of alkyl carbamates (subject to hydrolysis) is 1. The molecule has 0 saturated carbocycles. The molecule has 0 radical (unpaired) electrons. The van der Waals surface area contributed by atoms with E-state index >= 15 is 0 Å². The normalized spacial score (nSPS) is 14.2. The number of hydrogen-bond donors (Lipinski definition) is 3. The summed E-state index contributed by atoms with van der Waals surface area (Å²) in [5, 5.41) is 14.7. The number of allylic oxidation sites excluding steroid dienone is 1. The molecule has 0 spiro atoms. The second kappa shape index (κ2) is 13.6. The molecule has 3 aromatic carbocycles. The van der Waals surface area contributed by atoms with Crippen molar-refractivity contribution in [2.24, 2.45) is 0 Å². The quantitative estimate of drug-likeness (QED) is 0.261. The Hall–Kier alpha value is -4.43. The highest BCUT2D eigenvalue weighted by atomic mass is 16.5. The standard InChI is InChI=1S/C32H34N2O6/c1-3-4-18-28(31(36)37)33-30(35)29(21(2)39-19-22-12-6-5-7-13-22)34-32(38)40-20-27-25-16-10-8-14-23(25)24-15-9-11-17-26(24)27/h3,5-17,21,27-29H,1,4,18-20H2,2H3,(H,33,35)(H,34,38)(H,36,37)/t21-,28?,29+/m0/s1. The van der Waals surface area contributed by atoms with Crippen LogP contribution in [0.4, 0.5) is 4.79 Å². The minimum absolute atomic E-state index is 0.0739. The summed E-state index contributed by atoms with van der Waals surface area (Å²) in [6.45, 7) is 5.54. The van der Waals surface area contributed by atoms with Gasteiger partial charge >= 0.3 is 12.1 Å². The van der Waals surface area contributed by atoms with Crippen molar-refractivity contribution in [1.82, 2.24) is 10.6 Å². The fraction of sp³-hybridized carbons (Fsp3) is 0.281. The number of benzene rings is 3. The van der Waals surface area contributed by atoms with E-state index in [4.69, 9.17) is 9.47 Å². The zero-order chi connectivity index (χ0) is 28.5. The number of nitrogens with one attached hydrogen (secondary N) is 2. The molecule has 0 aliphatic heterocycles. The Morgan fingerprint density at radius 2 is 1.52 bits per heavy atom. The molecule has 1 aliphatic carbocycles. The Balaban J connectivity index is 1.45. The van der Waals surface area contributed by atoms with E-state index < -0.39 is 36.2 Å². The van der Waals surface area contributed by atoms with E-state index in [1.807, 2.05) is 78.9 Å². The first-order valence-electron chi connectivity index (χ1n) is 13.3. The lowest BCUT2D eigenvalue weighted by Gasteiger charge is -2.26. The molecule has 8 heteroatoms. The van der Waals surface area contributed by atoms with E-state index in [0.29, 0.717) is 6.42 Å². The maximum atomic E-state index is 13.2. The Kier molecular flexibility index (Phi) is 9.70. The Morgan fingerprint density at radius 3 is 2.12 bits per heavy atom. The molecule has 3 N–H and O–H groups in total. The average Bonchev–Trinajstić information content (AvgIpc) is 3.29. The van der Waals surface area contributed by atoms with Crippen LogP contribution in [-0.2, 0) is 25.7 Å². The van der Waals surface area contributed by atoms with Gasteiger partial charge in [-0.25, -0.2) is 9.59 Å². The van der Waals surface area contributed by atoms with Crippen LogP contribution in [0.25, 0.3) is 11.1 Å². The molecule has 3 aromatic rings. The molecule has 1 aliphatic rings. The molecular weight excluding hydrogens is 508 g/mol. The zero-order valence-corrected chi connectivity index (χ0v) is 22.4. The number of amides is 2. The van der Waals surface area contributed by atoms with Crippen molar-refractivity contribution in [2.75, 3.05) is 6.61 Å². The highest BCUT2D eigenvalue weighted by Crippen LogP contribution is 2.44. The van der Waals surface area contributed by atoms with Gasteiger partial charge in [0.1, 0.15) is 18.7 Å². The first-order chi connectivity index (χ1) is 19.4. The smallest absolute Gasteiger partial charge is 0.407 e. The summed E-state index contributed by atoms with van der Waals surface area (Å²) in [6, 6.07) is 23.1. The van der Waals surface area contributed by atoms with Crippen molar-refractivity contribution < 1.29 is 29.0 Å². The van der Waals surface area contributed by atoms with Crippen LogP contribution in [0.3, 0.4) is 0 Å². The highest BCUT2D eigenvalue weighted by molar-refractivity contribution is 5.89. The van der Waals surface area contributed by atoms with E-state index in [0.717, 1.165) is 27.8 Å². The number of carboxylic acid groups (broad SMARTS) is 1. The fourth-order valence-corrected chi connectivity index (χ4v) is 4.86. The van der Waals surface area contributed by atoms with E-state index in [1.165, 1.54) is 0 Å². The van der Waals surface area contributed by atoms with Crippen molar-refractivity contribution in [3.63, 3.8) is 0 Å². The van der Waals surface area contributed by atoms with E-state index in [2.05, 4.69) is 17.2 Å². The average molecular weight is 543 g/mol. The number of carbonyl (C=O) groups excluding carboxylic acids is 2. The van der Waals surface area contributed by atoms with Gasteiger partial charge in [0.2, 0.25) is 5.91 Å². The second-order valence-electron chi connectivity index (χ2n) is 9.71. The van der Waals surface area contributed by atoms with Crippen LogP contribution in [0.2, 0.25) is 0 Å². The van der Waals surface area contributed by atoms with Gasteiger partial charge in [-0.2, -0.15) is 0 Å². The van der Waals surface area contributed by atoms with Gasteiger partial charge < -0.3 is 25.2 Å². The number of hydrogen-bond acceptors (Lipinski definition) is 5. The van der Waals surface area contributed by atoms with Crippen molar-refractivity contribution in [2.45, 2.75) is 50.5 Å². The second-order valence-corrected chi connectivity index (χ2v) is 9.71. The van der Waals surface area contributed by atoms with Gasteiger partial charge in [0.25, 0.3) is 0 Å². The molecular formula is C32H34N2O6. The molecule has 0 fully saturated rings. The lowest BCUT2D eigenvalue weighted by Crippen LogP contribution is -2.56. The molecule has 1 unspecified atom stereocenters. The van der Waals surface area contributed by atoms with Crippen LogP contribution in [0.5, 0.6) is 0 Å². The largest absolute Gasteiger partial charge is 0.480 e. The Labute approximate surface area is 234 Å². The van der Waals surface area contributed by atoms with E-state index in [9.17, 15) is 19.5 Å². The van der Waals surface area contributed by atoms with Crippen molar-refractivity contribution >= 4 is 18.0 Å². The molecule has 0 saturated heterocycles. The van der Waals surface area contributed by atoms with Crippen LogP contribution < -0.4 is 10.6 Å². The molecule has 2 amide bonds.